The Morgan fingerprint density at radius 1 is 0.949 bits per heavy atom. The molecule has 0 radical (unpaired) electrons. The van der Waals surface area contributed by atoms with Crippen molar-refractivity contribution in [3.63, 3.8) is 0 Å². The second-order valence-electron chi connectivity index (χ2n) is 9.51. The number of carbonyl (C=O) groups is 2. The number of carboxylic acid groups (broad SMARTS) is 1. The smallest absolute Gasteiger partial charge is 0.326 e. The standard InChI is InChI=1S/C32H28FNO5/c1-21-12-13-24-19-34(28(32(36)37)18-27(24)29(21)38-20-22-8-4-2-5-9-22)31(35)30(23-10-6-3-7-11-23)39-26-16-14-25(33)15-17-26/h2-17,28,30H,18-20H2,1H3,(H,36,37)/t28-,30+/m1/s1. The van der Waals surface area contributed by atoms with Gasteiger partial charge < -0.3 is 19.5 Å². The molecule has 0 spiro atoms. The SMILES string of the molecule is Cc1ccc2c(c1OCc1ccccc1)C[C@H](C(=O)O)N(C(=O)[C@@H](Oc1ccc(F)cc1)c1ccccc1)C2. The van der Waals surface area contributed by atoms with Gasteiger partial charge in [-0.2, -0.15) is 0 Å². The van der Waals surface area contributed by atoms with Gasteiger partial charge in [0.25, 0.3) is 5.91 Å². The summed E-state index contributed by atoms with van der Waals surface area (Å²) in [6, 6.07) is 26.7. The van der Waals surface area contributed by atoms with E-state index in [1.807, 2.05) is 55.5 Å². The molecule has 1 heterocycles. The van der Waals surface area contributed by atoms with Crippen LogP contribution < -0.4 is 9.47 Å². The predicted octanol–water partition coefficient (Wildman–Crippen LogP) is 5.87. The third-order valence-electron chi connectivity index (χ3n) is 6.86. The zero-order valence-corrected chi connectivity index (χ0v) is 21.4. The zero-order valence-electron chi connectivity index (χ0n) is 21.4. The first-order valence-corrected chi connectivity index (χ1v) is 12.7. The van der Waals surface area contributed by atoms with Gasteiger partial charge >= 0.3 is 5.97 Å². The summed E-state index contributed by atoms with van der Waals surface area (Å²) in [5, 5.41) is 10.2. The number of carbonyl (C=O) groups excluding carboxylic acids is 1. The van der Waals surface area contributed by atoms with Crippen molar-refractivity contribution in [2.24, 2.45) is 0 Å². The average Bonchev–Trinajstić information content (AvgIpc) is 2.96. The Bertz CT molecular complexity index is 1460. The zero-order chi connectivity index (χ0) is 27.4. The van der Waals surface area contributed by atoms with Crippen LogP contribution in [0, 0.1) is 12.7 Å². The van der Waals surface area contributed by atoms with Gasteiger partial charge in [0.2, 0.25) is 6.10 Å². The van der Waals surface area contributed by atoms with Gasteiger partial charge in [-0.3, -0.25) is 4.79 Å². The van der Waals surface area contributed by atoms with Crippen LogP contribution in [-0.2, 0) is 29.2 Å². The van der Waals surface area contributed by atoms with Crippen LogP contribution in [0.4, 0.5) is 4.39 Å². The maximum Gasteiger partial charge on any atom is 0.326 e. The van der Waals surface area contributed by atoms with E-state index >= 15 is 0 Å². The first kappa shape index (κ1) is 26.0. The van der Waals surface area contributed by atoms with E-state index in [0.717, 1.165) is 22.3 Å². The fourth-order valence-electron chi connectivity index (χ4n) is 4.83. The van der Waals surface area contributed by atoms with Crippen LogP contribution in [0.5, 0.6) is 11.5 Å². The molecule has 39 heavy (non-hydrogen) atoms. The van der Waals surface area contributed by atoms with Crippen molar-refractivity contribution in [2.45, 2.75) is 38.6 Å². The number of carboxylic acids is 1. The van der Waals surface area contributed by atoms with Gasteiger partial charge in [-0.25, -0.2) is 9.18 Å². The van der Waals surface area contributed by atoms with E-state index in [-0.39, 0.29) is 13.0 Å². The van der Waals surface area contributed by atoms with Crippen LogP contribution >= 0.6 is 0 Å². The molecule has 0 bridgehead atoms. The summed E-state index contributed by atoms with van der Waals surface area (Å²) in [5.74, 6) is -1.08. The fourth-order valence-corrected chi connectivity index (χ4v) is 4.83. The molecule has 1 amide bonds. The monoisotopic (exact) mass is 525 g/mol. The predicted molar refractivity (Wildman–Crippen MR) is 144 cm³/mol. The van der Waals surface area contributed by atoms with Crippen molar-refractivity contribution in [3.05, 3.63) is 131 Å². The number of hydrogen-bond acceptors (Lipinski definition) is 4. The molecule has 1 N–H and O–H groups in total. The molecule has 4 aromatic carbocycles. The molecule has 6 nitrogen and oxygen atoms in total. The summed E-state index contributed by atoms with van der Waals surface area (Å²) in [4.78, 5) is 27.8. The minimum atomic E-state index is -1.12. The number of nitrogens with zero attached hydrogens (tertiary/aromatic N) is 1. The molecule has 0 saturated heterocycles. The first-order valence-electron chi connectivity index (χ1n) is 12.7. The van der Waals surface area contributed by atoms with E-state index in [2.05, 4.69) is 0 Å². The molecule has 2 atom stereocenters. The van der Waals surface area contributed by atoms with E-state index in [1.54, 1.807) is 24.3 Å². The number of benzene rings is 4. The minimum absolute atomic E-state index is 0.0865. The van der Waals surface area contributed by atoms with Crippen LogP contribution in [-0.4, -0.2) is 27.9 Å². The molecule has 0 fully saturated rings. The number of aliphatic carboxylic acids is 1. The lowest BCUT2D eigenvalue weighted by Gasteiger charge is -2.37. The number of aryl methyl sites for hydroxylation is 1. The van der Waals surface area contributed by atoms with Crippen LogP contribution in [0.3, 0.4) is 0 Å². The molecule has 0 aromatic heterocycles. The minimum Gasteiger partial charge on any atom is -0.488 e. The van der Waals surface area contributed by atoms with Crippen molar-refractivity contribution in [1.82, 2.24) is 4.90 Å². The Labute approximate surface area is 226 Å². The Balaban J connectivity index is 1.47. The third kappa shape index (κ3) is 5.77. The van der Waals surface area contributed by atoms with Gasteiger partial charge in [-0.05, 0) is 47.9 Å². The lowest BCUT2D eigenvalue weighted by atomic mass is 9.90. The number of halogens is 1. The van der Waals surface area contributed by atoms with E-state index in [0.29, 0.717) is 23.7 Å². The molecular formula is C32H28FNO5. The summed E-state index contributed by atoms with van der Waals surface area (Å²) in [6.45, 7) is 2.36. The van der Waals surface area contributed by atoms with Crippen LogP contribution in [0.15, 0.2) is 97.1 Å². The average molecular weight is 526 g/mol. The van der Waals surface area contributed by atoms with Gasteiger partial charge in [0.1, 0.15) is 30.0 Å². The maximum atomic E-state index is 14.0. The van der Waals surface area contributed by atoms with Gasteiger partial charge in [-0.1, -0.05) is 72.8 Å². The number of fused-ring (bicyclic) bond motifs is 1. The number of rotatable bonds is 8. The van der Waals surface area contributed by atoms with Crippen molar-refractivity contribution < 1.29 is 28.6 Å². The van der Waals surface area contributed by atoms with Crippen LogP contribution in [0.25, 0.3) is 0 Å². The topological polar surface area (TPSA) is 76.1 Å². The molecule has 0 saturated carbocycles. The lowest BCUT2D eigenvalue weighted by Crippen LogP contribution is -2.51. The summed E-state index contributed by atoms with van der Waals surface area (Å²) in [5.41, 5.74) is 4.08. The van der Waals surface area contributed by atoms with Gasteiger partial charge in [-0.15, -0.1) is 0 Å². The highest BCUT2D eigenvalue weighted by atomic mass is 19.1. The third-order valence-corrected chi connectivity index (χ3v) is 6.86. The highest BCUT2D eigenvalue weighted by molar-refractivity contribution is 5.88. The second kappa shape index (κ2) is 11.4. The maximum absolute atomic E-state index is 14.0. The van der Waals surface area contributed by atoms with E-state index < -0.39 is 29.8 Å². The Kier molecular flexibility index (Phi) is 7.59. The summed E-state index contributed by atoms with van der Waals surface area (Å²) >= 11 is 0. The summed E-state index contributed by atoms with van der Waals surface area (Å²) < 4.78 is 25.7. The molecular weight excluding hydrogens is 497 g/mol. The molecule has 198 valence electrons. The van der Waals surface area contributed by atoms with E-state index in [9.17, 15) is 19.1 Å². The number of amides is 1. The molecule has 7 heteroatoms. The van der Waals surface area contributed by atoms with Crippen molar-refractivity contribution in [2.75, 3.05) is 0 Å². The molecule has 0 aliphatic carbocycles. The summed E-state index contributed by atoms with van der Waals surface area (Å²) in [7, 11) is 0. The first-order chi connectivity index (χ1) is 18.9. The largest absolute Gasteiger partial charge is 0.488 e. The highest BCUT2D eigenvalue weighted by Gasteiger charge is 2.40. The molecule has 1 aliphatic rings. The van der Waals surface area contributed by atoms with Gasteiger partial charge in [0, 0.05) is 24.1 Å². The molecule has 0 unspecified atom stereocenters. The second-order valence-corrected chi connectivity index (χ2v) is 9.51. The normalized spacial score (nSPS) is 15.2. The summed E-state index contributed by atoms with van der Waals surface area (Å²) in [6.07, 6.45) is -1.01. The Hall–Kier alpha value is -4.65. The fraction of sp³-hybridized carbons (Fsp3) is 0.188. The van der Waals surface area contributed by atoms with Crippen molar-refractivity contribution >= 4 is 11.9 Å². The molecule has 5 rings (SSSR count). The molecule has 1 aliphatic heterocycles. The Morgan fingerprint density at radius 2 is 1.62 bits per heavy atom. The Morgan fingerprint density at radius 3 is 2.28 bits per heavy atom. The van der Waals surface area contributed by atoms with E-state index in [1.165, 1.54) is 29.2 Å². The lowest BCUT2D eigenvalue weighted by molar-refractivity contribution is -0.155. The van der Waals surface area contributed by atoms with Crippen LogP contribution in [0.2, 0.25) is 0 Å². The highest BCUT2D eigenvalue weighted by Crippen LogP contribution is 2.36. The molecule has 4 aromatic rings. The quantitative estimate of drug-likeness (QED) is 0.311. The van der Waals surface area contributed by atoms with E-state index in [4.69, 9.17) is 9.47 Å². The van der Waals surface area contributed by atoms with Crippen molar-refractivity contribution in [3.8, 4) is 11.5 Å². The van der Waals surface area contributed by atoms with Crippen LogP contribution in [0.1, 0.15) is 33.9 Å². The number of hydrogen-bond donors (Lipinski definition) is 1. The van der Waals surface area contributed by atoms with Crippen molar-refractivity contribution in [1.29, 1.82) is 0 Å². The number of ether oxygens (including phenoxy) is 2. The van der Waals surface area contributed by atoms with Gasteiger partial charge in [0.15, 0.2) is 0 Å². The van der Waals surface area contributed by atoms with Gasteiger partial charge in [0.05, 0.1) is 0 Å².